The minimum absolute atomic E-state index is 0.00593. The number of anilines is 4. The number of hydrogen-bond acceptors (Lipinski definition) is 9. The quantitative estimate of drug-likeness (QED) is 0.184. The van der Waals surface area contributed by atoms with E-state index in [4.69, 9.17) is 9.47 Å². The second-order valence-electron chi connectivity index (χ2n) is 10.8. The predicted octanol–water partition coefficient (Wildman–Crippen LogP) is 5.64. The maximum absolute atomic E-state index is 13.6. The molecule has 0 unspecified atom stereocenters. The summed E-state index contributed by atoms with van der Waals surface area (Å²) in [5.41, 5.74) is 2.04. The lowest BCUT2D eigenvalue weighted by atomic mass is 9.92. The van der Waals surface area contributed by atoms with Crippen LogP contribution >= 0.6 is 0 Å². The average molecular weight is 619 g/mol. The van der Waals surface area contributed by atoms with Gasteiger partial charge in [-0.3, -0.25) is 14.4 Å². The van der Waals surface area contributed by atoms with Crippen molar-refractivity contribution in [2.75, 3.05) is 49.2 Å². The Morgan fingerprint density at radius 2 is 1.55 bits per heavy atom. The first kappa shape index (κ1) is 31.0. The summed E-state index contributed by atoms with van der Waals surface area (Å²) >= 11 is 0. The maximum atomic E-state index is 13.6. The number of nitrogens with zero attached hydrogens (tertiary/aromatic N) is 3. The number of benzene rings is 3. The van der Waals surface area contributed by atoms with Crippen molar-refractivity contribution in [3.05, 3.63) is 66.7 Å². The normalized spacial score (nSPS) is 14.2. The van der Waals surface area contributed by atoms with Crippen LogP contribution in [0.25, 0.3) is 11.0 Å². The number of amides is 1. The lowest BCUT2D eigenvalue weighted by Gasteiger charge is -2.31. The molecule has 0 spiro atoms. The number of aromatic nitrogens is 2. The molecule has 0 bridgehead atoms. The molecule has 232 valence electrons. The summed E-state index contributed by atoms with van der Waals surface area (Å²) in [4.78, 5) is 24.1. The zero-order valence-corrected chi connectivity index (χ0v) is 26.0. The first-order valence-electron chi connectivity index (χ1n) is 14.7. The van der Waals surface area contributed by atoms with E-state index in [2.05, 4.69) is 37.1 Å². The van der Waals surface area contributed by atoms with E-state index in [0.717, 1.165) is 31.8 Å². The lowest BCUT2D eigenvalue weighted by molar-refractivity contribution is -0.117. The van der Waals surface area contributed by atoms with Gasteiger partial charge in [-0.25, -0.2) is 18.4 Å². The molecule has 2 heterocycles. The molecule has 1 aliphatic rings. The number of nitrogens with one attached hydrogen (secondary N) is 3. The van der Waals surface area contributed by atoms with Crippen LogP contribution in [0.4, 0.5) is 23.0 Å². The van der Waals surface area contributed by atoms with E-state index in [1.54, 1.807) is 62.8 Å². The van der Waals surface area contributed by atoms with Crippen molar-refractivity contribution < 1.29 is 22.7 Å². The number of fused-ring (bicyclic) bond motifs is 1. The third-order valence-corrected chi connectivity index (χ3v) is 8.95. The number of piperidine rings is 1. The largest absolute Gasteiger partial charge is 0.497 e. The lowest BCUT2D eigenvalue weighted by Crippen LogP contribution is -2.39. The Bertz CT molecular complexity index is 1700. The number of methoxy groups -OCH3 is 2. The first-order chi connectivity index (χ1) is 21.3. The van der Waals surface area contributed by atoms with Crippen LogP contribution in [0.1, 0.15) is 32.6 Å². The number of sulfonamides is 1. The fourth-order valence-electron chi connectivity index (χ4n) is 5.35. The smallest absolute Gasteiger partial charge is 0.263 e. The van der Waals surface area contributed by atoms with E-state index in [0.29, 0.717) is 33.9 Å². The second kappa shape index (κ2) is 13.9. The van der Waals surface area contributed by atoms with Crippen molar-refractivity contribution in [3.63, 3.8) is 0 Å². The van der Waals surface area contributed by atoms with Gasteiger partial charge in [-0.2, -0.15) is 0 Å². The molecule has 1 aromatic heterocycles. The molecular weight excluding hydrogens is 580 g/mol. The summed E-state index contributed by atoms with van der Waals surface area (Å²) in [6.45, 7) is 4.25. The molecule has 4 aromatic rings. The Morgan fingerprint density at radius 3 is 2.18 bits per heavy atom. The van der Waals surface area contributed by atoms with Gasteiger partial charge < -0.3 is 20.1 Å². The molecule has 0 radical (unpaired) electrons. The van der Waals surface area contributed by atoms with E-state index in [9.17, 15) is 13.2 Å². The maximum Gasteiger partial charge on any atom is 0.263 e. The molecule has 11 nitrogen and oxygen atoms in total. The molecule has 0 saturated carbocycles. The van der Waals surface area contributed by atoms with Gasteiger partial charge in [0.15, 0.2) is 11.6 Å². The molecule has 3 N–H and O–H groups in total. The molecule has 5 rings (SSSR count). The average Bonchev–Trinajstić information content (AvgIpc) is 3.02. The molecule has 1 amide bonds. The molecule has 1 saturated heterocycles. The number of hydrogen-bond donors (Lipinski definition) is 3. The number of para-hydroxylation sites is 2. The highest BCUT2D eigenvalue weighted by Crippen LogP contribution is 2.32. The standard InChI is InChI=1S/C32H38N6O5S/c1-4-8-22-13-15-38(16-14-22)21-30(39)33-23-9-7-10-27(19-23)44(40,41)37-32-31(35-28-11-5-6-12-29(28)36-32)34-24-17-25(42-2)20-26(18-24)43-3/h5-7,9-12,17-20,22H,4,8,13-16,21H2,1-3H3,(H,33,39)(H,34,35)(H,36,37). The Labute approximate surface area is 258 Å². The first-order valence-corrected chi connectivity index (χ1v) is 16.2. The van der Waals surface area contributed by atoms with E-state index in [1.807, 2.05) is 6.07 Å². The molecule has 1 fully saturated rings. The third-order valence-electron chi connectivity index (χ3n) is 7.62. The van der Waals surface area contributed by atoms with Crippen LogP contribution in [0.15, 0.2) is 71.6 Å². The highest BCUT2D eigenvalue weighted by atomic mass is 32.2. The van der Waals surface area contributed by atoms with Crippen LogP contribution in [-0.4, -0.2) is 63.0 Å². The van der Waals surface area contributed by atoms with E-state index >= 15 is 0 Å². The fraction of sp³-hybridized carbons (Fsp3) is 0.344. The zero-order chi connectivity index (χ0) is 31.1. The van der Waals surface area contributed by atoms with Crippen molar-refractivity contribution in [1.82, 2.24) is 14.9 Å². The van der Waals surface area contributed by atoms with Gasteiger partial charge in [-0.05, 0) is 62.2 Å². The van der Waals surface area contributed by atoms with Gasteiger partial charge in [0.2, 0.25) is 5.91 Å². The van der Waals surface area contributed by atoms with Gasteiger partial charge >= 0.3 is 0 Å². The van der Waals surface area contributed by atoms with Crippen LogP contribution in [0.5, 0.6) is 11.5 Å². The Hall–Kier alpha value is -4.42. The van der Waals surface area contributed by atoms with Crippen molar-refractivity contribution >= 4 is 50.0 Å². The summed E-state index contributed by atoms with van der Waals surface area (Å²) in [5, 5.41) is 6.01. The zero-order valence-electron chi connectivity index (χ0n) is 25.2. The van der Waals surface area contributed by atoms with Gasteiger partial charge in [0.25, 0.3) is 10.0 Å². The van der Waals surface area contributed by atoms with Crippen molar-refractivity contribution in [2.45, 2.75) is 37.5 Å². The molecule has 0 atom stereocenters. The molecular formula is C32H38N6O5S. The Balaban J connectivity index is 1.35. The van der Waals surface area contributed by atoms with Crippen molar-refractivity contribution in [3.8, 4) is 11.5 Å². The van der Waals surface area contributed by atoms with Crippen LogP contribution in [0.2, 0.25) is 0 Å². The van der Waals surface area contributed by atoms with Gasteiger partial charge in [-0.15, -0.1) is 0 Å². The van der Waals surface area contributed by atoms with Crippen LogP contribution in [-0.2, 0) is 14.8 Å². The van der Waals surface area contributed by atoms with E-state index < -0.39 is 10.0 Å². The highest BCUT2D eigenvalue weighted by Gasteiger charge is 2.22. The minimum atomic E-state index is -4.12. The molecule has 1 aliphatic heterocycles. The topological polar surface area (TPSA) is 135 Å². The summed E-state index contributed by atoms with van der Waals surface area (Å²) in [5.74, 6) is 1.84. The van der Waals surface area contributed by atoms with Crippen LogP contribution in [0.3, 0.4) is 0 Å². The number of carbonyl (C=O) groups excluding carboxylic acids is 1. The van der Waals surface area contributed by atoms with Gasteiger partial charge in [-0.1, -0.05) is 38.0 Å². The number of likely N-dealkylation sites (tertiary alicyclic amines) is 1. The third kappa shape index (κ3) is 7.74. The molecule has 3 aromatic carbocycles. The summed E-state index contributed by atoms with van der Waals surface area (Å²) < 4.78 is 40.6. The highest BCUT2D eigenvalue weighted by molar-refractivity contribution is 7.92. The van der Waals surface area contributed by atoms with Gasteiger partial charge in [0.05, 0.1) is 36.7 Å². The summed E-state index contributed by atoms with van der Waals surface area (Å²) in [7, 11) is -1.04. The Kier molecular flexibility index (Phi) is 9.81. The molecule has 44 heavy (non-hydrogen) atoms. The number of rotatable bonds is 12. The molecule has 12 heteroatoms. The predicted molar refractivity (Wildman–Crippen MR) is 172 cm³/mol. The van der Waals surface area contributed by atoms with Crippen LogP contribution < -0.4 is 24.8 Å². The van der Waals surface area contributed by atoms with E-state index in [-0.39, 0.29) is 29.0 Å². The minimum Gasteiger partial charge on any atom is -0.497 e. The second-order valence-corrected chi connectivity index (χ2v) is 12.5. The number of ether oxygens (including phenoxy) is 2. The van der Waals surface area contributed by atoms with Gasteiger partial charge in [0, 0.05) is 29.6 Å². The van der Waals surface area contributed by atoms with Gasteiger partial charge in [0.1, 0.15) is 11.5 Å². The summed E-state index contributed by atoms with van der Waals surface area (Å²) in [6.07, 6.45) is 4.61. The van der Waals surface area contributed by atoms with E-state index in [1.165, 1.54) is 25.0 Å². The summed E-state index contributed by atoms with van der Waals surface area (Å²) in [6, 6.07) is 18.5. The fourth-order valence-corrected chi connectivity index (χ4v) is 6.40. The SMILES string of the molecule is CCCC1CCN(CC(=O)Nc2cccc(S(=O)(=O)Nc3nc4ccccc4nc3Nc3cc(OC)cc(OC)c3)c2)CC1. The van der Waals surface area contributed by atoms with Crippen LogP contribution in [0, 0.1) is 5.92 Å². The van der Waals surface area contributed by atoms with Crippen molar-refractivity contribution in [1.29, 1.82) is 0 Å². The monoisotopic (exact) mass is 618 g/mol. The molecule has 0 aliphatic carbocycles. The Morgan fingerprint density at radius 1 is 0.886 bits per heavy atom. The van der Waals surface area contributed by atoms with Crippen molar-refractivity contribution in [2.24, 2.45) is 5.92 Å². The number of carbonyl (C=O) groups is 1.